The Morgan fingerprint density at radius 3 is 0.739 bits per heavy atom. The molecule has 140 valence electrons. The van der Waals surface area contributed by atoms with E-state index in [1.807, 2.05) is 13.8 Å². The molecule has 0 aliphatic carbocycles. The minimum Gasteiger partial charge on any atom is -0.481 e. The highest BCUT2D eigenvalue weighted by molar-refractivity contribution is 5.63. The van der Waals surface area contributed by atoms with Gasteiger partial charge in [0, 0.05) is 39.8 Å². The molecule has 0 spiro atoms. The molecule has 0 radical (unpaired) electrons. The first-order valence-electron chi connectivity index (χ1n) is 6.35. The number of nitrogens with two attached hydrogens (primary N) is 2. The third kappa shape index (κ3) is 1940. The lowest BCUT2D eigenvalue weighted by atomic mass is 10.1. The SMILES string of the molecule is CC(=O)O.CC(=O)O.CC(=O)O.CC(=O)O.CC(N)CC(C)N. The van der Waals surface area contributed by atoms with Crippen molar-refractivity contribution in [3.63, 3.8) is 0 Å². The minimum absolute atomic E-state index is 0.250. The molecular formula is C13H30N2O8. The average Bonchev–Trinajstić information content (AvgIpc) is 2.09. The molecule has 0 amide bonds. The summed E-state index contributed by atoms with van der Waals surface area (Å²) in [7, 11) is 0. The van der Waals surface area contributed by atoms with Gasteiger partial charge in [0.15, 0.2) is 0 Å². The molecule has 0 rings (SSSR count). The Morgan fingerprint density at radius 1 is 0.652 bits per heavy atom. The molecule has 0 aromatic rings. The van der Waals surface area contributed by atoms with Crippen LogP contribution in [0.4, 0.5) is 0 Å². The number of carboxylic acids is 4. The fourth-order valence-electron chi connectivity index (χ4n) is 0.586. The van der Waals surface area contributed by atoms with E-state index in [0.717, 1.165) is 34.1 Å². The second kappa shape index (κ2) is 24.8. The zero-order valence-corrected chi connectivity index (χ0v) is 14.4. The Kier molecular flexibility index (Phi) is 35.2. The minimum atomic E-state index is -0.833. The van der Waals surface area contributed by atoms with Crippen molar-refractivity contribution >= 4 is 23.9 Å². The summed E-state index contributed by atoms with van der Waals surface area (Å²) in [6.45, 7) is 8.26. The number of hydrogen-bond acceptors (Lipinski definition) is 6. The van der Waals surface area contributed by atoms with Crippen LogP contribution in [0.3, 0.4) is 0 Å². The van der Waals surface area contributed by atoms with Gasteiger partial charge in [-0.25, -0.2) is 0 Å². The van der Waals surface area contributed by atoms with Crippen LogP contribution in [0.2, 0.25) is 0 Å². The topological polar surface area (TPSA) is 201 Å². The molecule has 0 saturated heterocycles. The Hall–Kier alpha value is -2.20. The number of rotatable bonds is 2. The van der Waals surface area contributed by atoms with E-state index in [1.165, 1.54) is 0 Å². The molecule has 10 nitrogen and oxygen atoms in total. The Morgan fingerprint density at radius 2 is 0.739 bits per heavy atom. The van der Waals surface area contributed by atoms with Crippen molar-refractivity contribution in [3.8, 4) is 0 Å². The Balaban J connectivity index is -0.0000000604. The summed E-state index contributed by atoms with van der Waals surface area (Å²) in [5, 5.41) is 29.7. The number of carbonyl (C=O) groups is 4. The number of aliphatic carboxylic acids is 4. The highest BCUT2D eigenvalue weighted by Gasteiger charge is 1.96. The van der Waals surface area contributed by atoms with Crippen LogP contribution in [-0.2, 0) is 19.2 Å². The van der Waals surface area contributed by atoms with E-state index < -0.39 is 23.9 Å². The zero-order chi connectivity index (χ0) is 20.2. The van der Waals surface area contributed by atoms with Crippen LogP contribution >= 0.6 is 0 Å². The normalized spacial score (nSPS) is 10.1. The molecule has 0 heterocycles. The van der Waals surface area contributed by atoms with Gasteiger partial charge in [0.1, 0.15) is 0 Å². The van der Waals surface area contributed by atoms with Crippen molar-refractivity contribution in [1.82, 2.24) is 0 Å². The van der Waals surface area contributed by atoms with Crippen molar-refractivity contribution in [1.29, 1.82) is 0 Å². The van der Waals surface area contributed by atoms with Crippen LogP contribution in [0, 0.1) is 0 Å². The van der Waals surface area contributed by atoms with Crippen LogP contribution in [0.15, 0.2) is 0 Å². The van der Waals surface area contributed by atoms with Crippen LogP contribution in [-0.4, -0.2) is 56.4 Å². The lowest BCUT2D eigenvalue weighted by Crippen LogP contribution is -2.26. The van der Waals surface area contributed by atoms with Gasteiger partial charge in [0.2, 0.25) is 0 Å². The van der Waals surface area contributed by atoms with Gasteiger partial charge >= 0.3 is 0 Å². The molecule has 2 atom stereocenters. The summed E-state index contributed by atoms with van der Waals surface area (Å²) in [4.78, 5) is 36.0. The van der Waals surface area contributed by atoms with Gasteiger partial charge in [0.05, 0.1) is 0 Å². The van der Waals surface area contributed by atoms with E-state index in [4.69, 9.17) is 51.1 Å². The van der Waals surface area contributed by atoms with Crippen molar-refractivity contribution in [2.45, 2.75) is 60.0 Å². The predicted molar refractivity (Wildman–Crippen MR) is 85.2 cm³/mol. The molecule has 23 heavy (non-hydrogen) atoms. The molecule has 10 heteroatoms. The van der Waals surface area contributed by atoms with Gasteiger partial charge in [-0.1, -0.05) is 0 Å². The molecule has 0 aromatic carbocycles. The highest BCUT2D eigenvalue weighted by atomic mass is 16.4. The maximum atomic E-state index is 9.00. The van der Waals surface area contributed by atoms with Crippen molar-refractivity contribution in [3.05, 3.63) is 0 Å². The standard InChI is InChI=1S/C5H14N2.4C2H4O2/c1-4(6)3-5(2)7;4*1-2(3)4/h4-5H,3,6-7H2,1-2H3;4*1H3,(H,3,4). The highest BCUT2D eigenvalue weighted by Crippen LogP contribution is 1.88. The van der Waals surface area contributed by atoms with Crippen LogP contribution in [0.1, 0.15) is 48.0 Å². The smallest absolute Gasteiger partial charge is 0.300 e. The molecule has 0 aromatic heterocycles. The van der Waals surface area contributed by atoms with Gasteiger partial charge in [-0.15, -0.1) is 0 Å². The summed E-state index contributed by atoms with van der Waals surface area (Å²) in [6, 6.07) is 0.500. The Labute approximate surface area is 136 Å². The van der Waals surface area contributed by atoms with Gasteiger partial charge in [-0.3, -0.25) is 19.2 Å². The van der Waals surface area contributed by atoms with Crippen LogP contribution < -0.4 is 11.5 Å². The third-order valence-corrected chi connectivity index (χ3v) is 0.744. The van der Waals surface area contributed by atoms with Crippen LogP contribution in [0.25, 0.3) is 0 Å². The van der Waals surface area contributed by atoms with E-state index in [1.54, 1.807) is 0 Å². The summed E-state index contributed by atoms with van der Waals surface area (Å²) in [6.07, 6.45) is 0.917. The molecule has 0 aliphatic rings. The fraction of sp³-hybridized carbons (Fsp3) is 0.692. The van der Waals surface area contributed by atoms with E-state index in [2.05, 4.69) is 0 Å². The molecule has 0 saturated carbocycles. The van der Waals surface area contributed by atoms with Crippen LogP contribution in [0.5, 0.6) is 0 Å². The van der Waals surface area contributed by atoms with E-state index in [9.17, 15) is 0 Å². The molecule has 2 unspecified atom stereocenters. The quantitative estimate of drug-likeness (QED) is 0.408. The second-order valence-electron chi connectivity index (χ2n) is 4.27. The van der Waals surface area contributed by atoms with Crippen molar-refractivity contribution in [2.75, 3.05) is 0 Å². The first kappa shape index (κ1) is 32.7. The van der Waals surface area contributed by atoms with E-state index in [-0.39, 0.29) is 12.1 Å². The molecule has 8 N–H and O–H groups in total. The van der Waals surface area contributed by atoms with Gasteiger partial charge in [-0.05, 0) is 20.3 Å². The average molecular weight is 342 g/mol. The van der Waals surface area contributed by atoms with E-state index >= 15 is 0 Å². The lowest BCUT2D eigenvalue weighted by Gasteiger charge is -2.06. The number of carboxylic acid groups (broad SMARTS) is 4. The first-order valence-corrected chi connectivity index (χ1v) is 6.35. The van der Waals surface area contributed by atoms with Gasteiger partial charge in [0.25, 0.3) is 23.9 Å². The predicted octanol–water partition coefficient (Wildman–Crippen LogP) is 0.435. The van der Waals surface area contributed by atoms with Gasteiger partial charge in [-0.2, -0.15) is 0 Å². The second-order valence-corrected chi connectivity index (χ2v) is 4.27. The van der Waals surface area contributed by atoms with Crippen molar-refractivity contribution < 1.29 is 39.6 Å². The maximum absolute atomic E-state index is 9.00. The first-order chi connectivity index (χ1) is 10.1. The monoisotopic (exact) mass is 342 g/mol. The molecule has 0 aliphatic heterocycles. The summed E-state index contributed by atoms with van der Waals surface area (Å²) in [5.74, 6) is -3.33. The molecule has 0 bridgehead atoms. The molecular weight excluding hydrogens is 312 g/mol. The fourth-order valence-corrected chi connectivity index (χ4v) is 0.586. The van der Waals surface area contributed by atoms with Gasteiger partial charge < -0.3 is 31.9 Å². The Bertz CT molecular complexity index is 247. The lowest BCUT2D eigenvalue weighted by molar-refractivity contribution is -0.135. The third-order valence-electron chi connectivity index (χ3n) is 0.744. The number of hydrogen-bond donors (Lipinski definition) is 6. The largest absolute Gasteiger partial charge is 0.481 e. The van der Waals surface area contributed by atoms with Crippen molar-refractivity contribution in [2.24, 2.45) is 11.5 Å². The summed E-state index contributed by atoms with van der Waals surface area (Å²) < 4.78 is 0. The summed E-state index contributed by atoms with van der Waals surface area (Å²) in [5.41, 5.74) is 10.8. The maximum Gasteiger partial charge on any atom is 0.300 e. The molecule has 0 fully saturated rings. The van der Waals surface area contributed by atoms with E-state index in [0.29, 0.717) is 0 Å². The zero-order valence-electron chi connectivity index (χ0n) is 14.4. The summed E-state index contributed by atoms with van der Waals surface area (Å²) >= 11 is 0.